The SMILES string of the molecule is Cc1ccc(C)c(NC(=O)C2CCN(C(=O)c3cccc4ccccc34)CC2)c1. The third-order valence-electron chi connectivity index (χ3n) is 5.82. The van der Waals surface area contributed by atoms with Crippen molar-refractivity contribution >= 4 is 28.3 Å². The number of rotatable bonds is 3. The number of hydrogen-bond donors (Lipinski definition) is 1. The molecule has 1 aliphatic heterocycles. The van der Waals surface area contributed by atoms with Crippen molar-refractivity contribution in [3.63, 3.8) is 0 Å². The molecule has 4 rings (SSSR count). The van der Waals surface area contributed by atoms with Gasteiger partial charge in [0, 0.05) is 30.3 Å². The van der Waals surface area contributed by atoms with Gasteiger partial charge in [-0.05, 0) is 60.7 Å². The van der Waals surface area contributed by atoms with Crippen molar-refractivity contribution in [2.24, 2.45) is 5.92 Å². The standard InChI is InChI=1S/C25H26N2O2/c1-17-10-11-18(2)23(16-17)26-24(28)20-12-14-27(15-13-20)25(29)22-9-5-7-19-6-3-4-8-21(19)22/h3-11,16,20H,12-15H2,1-2H3,(H,26,28). The molecule has 0 spiro atoms. The molecule has 1 fully saturated rings. The summed E-state index contributed by atoms with van der Waals surface area (Å²) in [7, 11) is 0. The molecule has 29 heavy (non-hydrogen) atoms. The number of nitrogens with one attached hydrogen (secondary N) is 1. The average Bonchev–Trinajstić information content (AvgIpc) is 2.75. The lowest BCUT2D eigenvalue weighted by atomic mass is 9.94. The van der Waals surface area contributed by atoms with Crippen LogP contribution in [0.2, 0.25) is 0 Å². The summed E-state index contributed by atoms with van der Waals surface area (Å²) in [6.45, 7) is 5.23. The second-order valence-electron chi connectivity index (χ2n) is 7.90. The number of carbonyl (C=O) groups excluding carboxylic acids is 2. The molecule has 0 aromatic heterocycles. The minimum absolute atomic E-state index is 0.0511. The third kappa shape index (κ3) is 4.02. The van der Waals surface area contributed by atoms with Crippen LogP contribution in [-0.2, 0) is 4.79 Å². The molecule has 0 atom stereocenters. The van der Waals surface area contributed by atoms with Crippen molar-refractivity contribution in [3.8, 4) is 0 Å². The Morgan fingerprint density at radius 1 is 0.931 bits per heavy atom. The number of piperidine rings is 1. The summed E-state index contributed by atoms with van der Waals surface area (Å²) in [5.74, 6) is 0.0395. The van der Waals surface area contributed by atoms with Gasteiger partial charge in [-0.2, -0.15) is 0 Å². The zero-order valence-corrected chi connectivity index (χ0v) is 16.9. The Morgan fingerprint density at radius 3 is 2.45 bits per heavy atom. The first-order chi connectivity index (χ1) is 14.0. The number of anilines is 1. The summed E-state index contributed by atoms with van der Waals surface area (Å²) in [5, 5.41) is 5.13. The lowest BCUT2D eigenvalue weighted by Crippen LogP contribution is -2.41. The van der Waals surface area contributed by atoms with Crippen LogP contribution in [0.4, 0.5) is 5.69 Å². The minimum atomic E-state index is -0.0634. The van der Waals surface area contributed by atoms with Gasteiger partial charge in [0.1, 0.15) is 0 Å². The van der Waals surface area contributed by atoms with E-state index in [-0.39, 0.29) is 17.7 Å². The molecule has 3 aromatic rings. The normalized spacial score (nSPS) is 14.8. The van der Waals surface area contributed by atoms with Gasteiger partial charge in [0.2, 0.25) is 5.91 Å². The number of likely N-dealkylation sites (tertiary alicyclic amines) is 1. The van der Waals surface area contributed by atoms with E-state index in [2.05, 4.69) is 5.32 Å². The Bertz CT molecular complexity index is 1060. The van der Waals surface area contributed by atoms with Crippen LogP contribution < -0.4 is 5.32 Å². The number of aryl methyl sites for hydroxylation is 2. The molecule has 0 bridgehead atoms. The van der Waals surface area contributed by atoms with Crippen LogP contribution in [0, 0.1) is 19.8 Å². The Morgan fingerprint density at radius 2 is 1.66 bits per heavy atom. The molecule has 0 unspecified atom stereocenters. The van der Waals surface area contributed by atoms with E-state index in [1.165, 1.54) is 0 Å². The zero-order valence-electron chi connectivity index (χ0n) is 16.9. The van der Waals surface area contributed by atoms with Crippen LogP contribution in [0.15, 0.2) is 60.7 Å². The van der Waals surface area contributed by atoms with Gasteiger partial charge in [0.25, 0.3) is 5.91 Å². The summed E-state index contributed by atoms with van der Waals surface area (Å²) in [6, 6.07) is 19.9. The van der Waals surface area contributed by atoms with Gasteiger partial charge in [-0.3, -0.25) is 9.59 Å². The molecule has 1 heterocycles. The van der Waals surface area contributed by atoms with Crippen molar-refractivity contribution in [2.75, 3.05) is 18.4 Å². The molecule has 0 radical (unpaired) electrons. The van der Waals surface area contributed by atoms with E-state index in [0.717, 1.165) is 33.2 Å². The van der Waals surface area contributed by atoms with Crippen LogP contribution >= 0.6 is 0 Å². The fraction of sp³-hybridized carbons (Fsp3) is 0.280. The molecular weight excluding hydrogens is 360 g/mol. The highest BCUT2D eigenvalue weighted by molar-refractivity contribution is 6.07. The fourth-order valence-electron chi connectivity index (χ4n) is 4.03. The quantitative estimate of drug-likeness (QED) is 0.693. The van der Waals surface area contributed by atoms with Crippen LogP contribution in [-0.4, -0.2) is 29.8 Å². The van der Waals surface area contributed by atoms with E-state index in [1.54, 1.807) is 0 Å². The maximum atomic E-state index is 13.1. The van der Waals surface area contributed by atoms with E-state index >= 15 is 0 Å². The molecule has 2 amide bonds. The third-order valence-corrected chi connectivity index (χ3v) is 5.82. The van der Waals surface area contributed by atoms with Gasteiger partial charge in [0.15, 0.2) is 0 Å². The summed E-state index contributed by atoms with van der Waals surface area (Å²) >= 11 is 0. The largest absolute Gasteiger partial charge is 0.339 e. The van der Waals surface area contributed by atoms with Crippen LogP contribution in [0.5, 0.6) is 0 Å². The van der Waals surface area contributed by atoms with Gasteiger partial charge < -0.3 is 10.2 Å². The van der Waals surface area contributed by atoms with Gasteiger partial charge in [-0.1, -0.05) is 48.5 Å². The van der Waals surface area contributed by atoms with Gasteiger partial charge in [-0.15, -0.1) is 0 Å². The first-order valence-electron chi connectivity index (χ1n) is 10.2. The van der Waals surface area contributed by atoms with Crippen molar-refractivity contribution in [3.05, 3.63) is 77.4 Å². The highest BCUT2D eigenvalue weighted by Gasteiger charge is 2.28. The van der Waals surface area contributed by atoms with E-state index < -0.39 is 0 Å². The molecule has 1 aliphatic rings. The van der Waals surface area contributed by atoms with Crippen LogP contribution in [0.3, 0.4) is 0 Å². The van der Waals surface area contributed by atoms with Crippen LogP contribution in [0.25, 0.3) is 10.8 Å². The van der Waals surface area contributed by atoms with E-state index in [1.807, 2.05) is 79.4 Å². The van der Waals surface area contributed by atoms with Crippen molar-refractivity contribution in [2.45, 2.75) is 26.7 Å². The summed E-state index contributed by atoms with van der Waals surface area (Å²) in [5.41, 5.74) is 3.81. The summed E-state index contributed by atoms with van der Waals surface area (Å²) in [4.78, 5) is 27.7. The number of hydrogen-bond acceptors (Lipinski definition) is 2. The number of amides is 2. The smallest absolute Gasteiger partial charge is 0.254 e. The van der Waals surface area contributed by atoms with E-state index in [0.29, 0.717) is 25.9 Å². The van der Waals surface area contributed by atoms with E-state index in [4.69, 9.17) is 0 Å². The predicted octanol–water partition coefficient (Wildman–Crippen LogP) is 4.95. The Kier molecular flexibility index (Phi) is 5.34. The highest BCUT2D eigenvalue weighted by Crippen LogP contribution is 2.25. The maximum Gasteiger partial charge on any atom is 0.254 e. The predicted molar refractivity (Wildman–Crippen MR) is 117 cm³/mol. The van der Waals surface area contributed by atoms with Crippen LogP contribution in [0.1, 0.15) is 34.3 Å². The molecule has 148 valence electrons. The summed E-state index contributed by atoms with van der Waals surface area (Å²) < 4.78 is 0. The molecule has 1 saturated heterocycles. The number of nitrogens with zero attached hydrogens (tertiary/aromatic N) is 1. The van der Waals surface area contributed by atoms with Crippen molar-refractivity contribution in [1.82, 2.24) is 4.90 Å². The lowest BCUT2D eigenvalue weighted by molar-refractivity contribution is -0.121. The molecule has 4 heteroatoms. The Hall–Kier alpha value is -3.14. The lowest BCUT2D eigenvalue weighted by Gasteiger charge is -2.31. The molecule has 1 N–H and O–H groups in total. The van der Waals surface area contributed by atoms with Crippen molar-refractivity contribution in [1.29, 1.82) is 0 Å². The molecular formula is C25H26N2O2. The summed E-state index contributed by atoms with van der Waals surface area (Å²) in [6.07, 6.45) is 1.38. The van der Waals surface area contributed by atoms with Crippen molar-refractivity contribution < 1.29 is 9.59 Å². The first kappa shape index (κ1) is 19.2. The van der Waals surface area contributed by atoms with Gasteiger partial charge in [-0.25, -0.2) is 0 Å². The second-order valence-corrected chi connectivity index (χ2v) is 7.90. The number of fused-ring (bicyclic) bond motifs is 1. The number of carbonyl (C=O) groups is 2. The van der Waals surface area contributed by atoms with E-state index in [9.17, 15) is 9.59 Å². The Balaban J connectivity index is 1.42. The fourth-order valence-corrected chi connectivity index (χ4v) is 4.03. The zero-order chi connectivity index (χ0) is 20.4. The topological polar surface area (TPSA) is 49.4 Å². The maximum absolute atomic E-state index is 13.1. The first-order valence-corrected chi connectivity index (χ1v) is 10.2. The average molecular weight is 386 g/mol. The molecule has 0 saturated carbocycles. The molecule has 0 aliphatic carbocycles. The van der Waals surface area contributed by atoms with Gasteiger partial charge >= 0.3 is 0 Å². The number of benzene rings is 3. The molecule has 3 aromatic carbocycles. The highest BCUT2D eigenvalue weighted by atomic mass is 16.2. The minimum Gasteiger partial charge on any atom is -0.339 e. The van der Waals surface area contributed by atoms with Gasteiger partial charge in [0.05, 0.1) is 0 Å². The molecule has 4 nitrogen and oxygen atoms in total. The monoisotopic (exact) mass is 386 g/mol. The second kappa shape index (κ2) is 8.08. The Labute approximate surface area is 171 Å².